The lowest BCUT2D eigenvalue weighted by molar-refractivity contribution is 0.0419. The van der Waals surface area contributed by atoms with Crippen molar-refractivity contribution in [2.24, 2.45) is 0 Å². The summed E-state index contributed by atoms with van der Waals surface area (Å²) in [5.41, 5.74) is 0.880. The molecule has 1 aromatic rings. The number of nitrogens with zero attached hydrogens (tertiary/aromatic N) is 2. The van der Waals surface area contributed by atoms with Crippen LogP contribution in [0.2, 0.25) is 0 Å². The molecule has 1 N–H and O–H groups in total. The quantitative estimate of drug-likeness (QED) is 0.751. The lowest BCUT2D eigenvalue weighted by Gasteiger charge is -2.20. The highest BCUT2D eigenvalue weighted by Gasteiger charge is 2.17. The van der Waals surface area contributed by atoms with E-state index in [1.165, 1.54) is 18.4 Å². The molecule has 1 unspecified atom stereocenters. The minimum Gasteiger partial charge on any atom is -0.389 e. The average molecular weight is 316 g/mol. The van der Waals surface area contributed by atoms with Gasteiger partial charge >= 0.3 is 0 Å². The van der Waals surface area contributed by atoms with Crippen LogP contribution >= 0.6 is 0 Å². The van der Waals surface area contributed by atoms with E-state index < -0.39 is 16.1 Å². The highest BCUT2D eigenvalue weighted by atomic mass is 32.2. The fraction of sp³-hybridized carbons (Fsp3) is 0.571. The van der Waals surface area contributed by atoms with Crippen LogP contribution in [0.3, 0.4) is 0 Å². The minimum absolute atomic E-state index is 0.274. The normalized spacial score (nSPS) is 13.9. The molecule has 0 aliphatic heterocycles. The van der Waals surface area contributed by atoms with Crippen molar-refractivity contribution in [3.05, 3.63) is 29.8 Å². The van der Waals surface area contributed by atoms with Crippen LogP contribution < -0.4 is 0 Å². The van der Waals surface area contributed by atoms with Gasteiger partial charge in [-0.15, -0.1) is 0 Å². The van der Waals surface area contributed by atoms with Crippen molar-refractivity contribution in [2.75, 3.05) is 41.4 Å². The number of likely N-dealkylation sites (N-methyl/N-ethyl adjacent to an activating group) is 1. The Morgan fingerprint density at radius 1 is 1.29 bits per heavy atom. The van der Waals surface area contributed by atoms with Crippen molar-refractivity contribution < 1.29 is 18.3 Å². The topological polar surface area (TPSA) is 70.1 Å². The summed E-state index contributed by atoms with van der Waals surface area (Å²) in [5, 5.41) is 9.69. The summed E-state index contributed by atoms with van der Waals surface area (Å²) < 4.78 is 30.3. The van der Waals surface area contributed by atoms with Gasteiger partial charge in [0, 0.05) is 34.3 Å². The van der Waals surface area contributed by atoms with Crippen LogP contribution in [0, 0.1) is 0 Å². The number of hydrogen-bond acceptors (Lipinski definition) is 5. The standard InChI is InChI=1S/C14H24N2O4S/c1-15(2)21(18,19)14-7-5-6-12(8-14)9-16(3)10-13(17)11-20-4/h5-8,13,17H,9-11H2,1-4H3. The summed E-state index contributed by atoms with van der Waals surface area (Å²) in [5.74, 6) is 0. The van der Waals surface area contributed by atoms with Gasteiger partial charge < -0.3 is 9.84 Å². The highest BCUT2D eigenvalue weighted by molar-refractivity contribution is 7.89. The summed E-state index contributed by atoms with van der Waals surface area (Å²) >= 11 is 0. The van der Waals surface area contributed by atoms with Crippen LogP contribution in [-0.4, -0.2) is 70.2 Å². The molecule has 0 bridgehead atoms. The second-order valence-electron chi connectivity index (χ2n) is 5.24. The third-order valence-electron chi connectivity index (χ3n) is 3.01. The number of ether oxygens (including phenoxy) is 1. The van der Waals surface area contributed by atoms with Crippen molar-refractivity contribution in [3.8, 4) is 0 Å². The first-order valence-corrected chi connectivity index (χ1v) is 8.08. The Hall–Kier alpha value is -0.990. The Bertz CT molecular complexity index is 546. The van der Waals surface area contributed by atoms with Crippen molar-refractivity contribution in [1.82, 2.24) is 9.21 Å². The van der Waals surface area contributed by atoms with E-state index in [9.17, 15) is 13.5 Å². The molecule has 0 spiro atoms. The summed E-state index contributed by atoms with van der Waals surface area (Å²) in [6, 6.07) is 6.84. The molecular weight excluding hydrogens is 292 g/mol. The predicted octanol–water partition coefficient (Wildman–Crippen LogP) is 0.376. The molecule has 0 aliphatic carbocycles. The van der Waals surface area contributed by atoms with Crippen LogP contribution in [0.15, 0.2) is 29.2 Å². The van der Waals surface area contributed by atoms with Crippen LogP contribution in [0.1, 0.15) is 5.56 Å². The van der Waals surface area contributed by atoms with E-state index in [1.54, 1.807) is 25.3 Å². The molecule has 120 valence electrons. The molecule has 0 heterocycles. The maximum absolute atomic E-state index is 12.1. The first kappa shape index (κ1) is 18.1. The molecule has 0 aromatic heterocycles. The second-order valence-corrected chi connectivity index (χ2v) is 7.39. The van der Waals surface area contributed by atoms with E-state index in [2.05, 4.69) is 0 Å². The third kappa shape index (κ3) is 5.37. The molecule has 0 fully saturated rings. The fourth-order valence-corrected chi connectivity index (χ4v) is 2.97. The molecule has 1 aromatic carbocycles. The Balaban J connectivity index is 2.78. The van der Waals surface area contributed by atoms with Gasteiger partial charge in [-0.1, -0.05) is 12.1 Å². The zero-order chi connectivity index (χ0) is 16.0. The molecule has 0 radical (unpaired) electrons. The maximum Gasteiger partial charge on any atom is 0.242 e. The summed E-state index contributed by atoms with van der Waals surface area (Å²) in [4.78, 5) is 2.20. The van der Waals surface area contributed by atoms with E-state index in [1.807, 2.05) is 18.0 Å². The lowest BCUT2D eigenvalue weighted by atomic mass is 10.2. The van der Waals surface area contributed by atoms with Gasteiger partial charge in [0.25, 0.3) is 0 Å². The van der Waals surface area contributed by atoms with Gasteiger partial charge in [0.05, 0.1) is 17.6 Å². The molecule has 0 saturated heterocycles. The molecule has 0 aliphatic rings. The van der Waals surface area contributed by atoms with Gasteiger partial charge in [-0.3, -0.25) is 4.90 Å². The average Bonchev–Trinajstić information content (AvgIpc) is 2.38. The summed E-state index contributed by atoms with van der Waals surface area (Å²) in [6.45, 7) is 1.29. The summed E-state index contributed by atoms with van der Waals surface area (Å²) in [6.07, 6.45) is -0.561. The van der Waals surface area contributed by atoms with E-state index >= 15 is 0 Å². The van der Waals surface area contributed by atoms with Crippen LogP contribution in [0.5, 0.6) is 0 Å². The van der Waals surface area contributed by atoms with Gasteiger partial charge in [-0.2, -0.15) is 0 Å². The first-order valence-electron chi connectivity index (χ1n) is 6.64. The molecule has 7 heteroatoms. The number of aliphatic hydroxyl groups excluding tert-OH is 1. The van der Waals surface area contributed by atoms with Gasteiger partial charge in [-0.05, 0) is 24.7 Å². The third-order valence-corrected chi connectivity index (χ3v) is 4.82. The van der Waals surface area contributed by atoms with Crippen LogP contribution in [0.25, 0.3) is 0 Å². The Kier molecular flexibility index (Phi) is 6.76. The number of methoxy groups -OCH3 is 1. The van der Waals surface area contributed by atoms with Crippen molar-refractivity contribution >= 4 is 10.0 Å². The van der Waals surface area contributed by atoms with Crippen molar-refractivity contribution in [3.63, 3.8) is 0 Å². The maximum atomic E-state index is 12.1. The van der Waals surface area contributed by atoms with Gasteiger partial charge in [0.15, 0.2) is 0 Å². The zero-order valence-corrected chi connectivity index (χ0v) is 13.8. The van der Waals surface area contributed by atoms with Gasteiger partial charge in [0.1, 0.15) is 0 Å². The van der Waals surface area contributed by atoms with Crippen LogP contribution in [-0.2, 0) is 21.3 Å². The Morgan fingerprint density at radius 3 is 2.52 bits per heavy atom. The highest BCUT2D eigenvalue weighted by Crippen LogP contribution is 2.15. The van der Waals surface area contributed by atoms with E-state index in [0.717, 1.165) is 5.56 Å². The molecule has 0 amide bonds. The molecule has 21 heavy (non-hydrogen) atoms. The smallest absolute Gasteiger partial charge is 0.242 e. The molecule has 1 rings (SSSR count). The minimum atomic E-state index is -3.42. The zero-order valence-electron chi connectivity index (χ0n) is 13.0. The van der Waals surface area contributed by atoms with Crippen LogP contribution in [0.4, 0.5) is 0 Å². The van der Waals surface area contributed by atoms with Crippen molar-refractivity contribution in [2.45, 2.75) is 17.5 Å². The Labute approximate surface area is 127 Å². The van der Waals surface area contributed by atoms with Gasteiger partial charge in [-0.25, -0.2) is 12.7 Å². The number of benzene rings is 1. The number of rotatable bonds is 8. The predicted molar refractivity (Wildman–Crippen MR) is 81.5 cm³/mol. The SMILES string of the molecule is COCC(O)CN(C)Cc1cccc(S(=O)(=O)N(C)C)c1. The number of hydrogen-bond donors (Lipinski definition) is 1. The second kappa shape index (κ2) is 7.86. The van der Waals surface area contributed by atoms with E-state index in [0.29, 0.717) is 13.1 Å². The fourth-order valence-electron chi connectivity index (χ4n) is 2.00. The lowest BCUT2D eigenvalue weighted by Crippen LogP contribution is -2.31. The molecule has 6 nitrogen and oxygen atoms in total. The monoisotopic (exact) mass is 316 g/mol. The van der Waals surface area contributed by atoms with Crippen molar-refractivity contribution in [1.29, 1.82) is 0 Å². The summed E-state index contributed by atoms with van der Waals surface area (Å²) in [7, 11) is 3.00. The molecule has 1 atom stereocenters. The molecule has 0 saturated carbocycles. The number of sulfonamides is 1. The molecular formula is C14H24N2O4S. The van der Waals surface area contributed by atoms with E-state index in [-0.39, 0.29) is 11.5 Å². The van der Waals surface area contributed by atoms with E-state index in [4.69, 9.17) is 4.74 Å². The Morgan fingerprint density at radius 2 is 1.95 bits per heavy atom. The first-order chi connectivity index (χ1) is 9.77. The van der Waals surface area contributed by atoms with Gasteiger partial charge in [0.2, 0.25) is 10.0 Å². The largest absolute Gasteiger partial charge is 0.389 e. The number of aliphatic hydroxyl groups is 1.